The summed E-state index contributed by atoms with van der Waals surface area (Å²) in [6.07, 6.45) is -1.23. The largest absolute Gasteiger partial charge is 0.392 e. The third kappa shape index (κ3) is 3.68. The highest BCUT2D eigenvalue weighted by Gasteiger charge is 2.30. The maximum atomic E-state index is 12.2. The predicted molar refractivity (Wildman–Crippen MR) is 74.8 cm³/mol. The number of rotatable bonds is 6. The summed E-state index contributed by atoms with van der Waals surface area (Å²) in [5.74, 6) is -0.535. The Balaban J connectivity index is 2.96. The van der Waals surface area contributed by atoms with E-state index in [9.17, 15) is 19.8 Å². The highest BCUT2D eigenvalue weighted by atomic mass is 16.3. The Labute approximate surface area is 118 Å². The first kappa shape index (κ1) is 16.4. The monoisotopic (exact) mass is 282 g/mol. The van der Waals surface area contributed by atoms with Crippen LogP contribution < -0.4 is 10.6 Å². The van der Waals surface area contributed by atoms with Gasteiger partial charge in [0.1, 0.15) is 0 Å². The van der Waals surface area contributed by atoms with Crippen LogP contribution in [0.5, 0.6) is 0 Å². The number of hydrogen-bond acceptors (Lipinski definition) is 6. The normalized spacial score (nSPS) is 19.3. The third-order valence-corrected chi connectivity index (χ3v) is 3.03. The van der Waals surface area contributed by atoms with E-state index in [4.69, 9.17) is 0 Å². The first-order chi connectivity index (χ1) is 9.25. The summed E-state index contributed by atoms with van der Waals surface area (Å²) in [5, 5.41) is 24.1. The Bertz CT molecular complexity index is 432. The van der Waals surface area contributed by atoms with Gasteiger partial charge in [0.15, 0.2) is 0 Å². The summed E-state index contributed by atoms with van der Waals surface area (Å²) >= 11 is 0. The smallest absolute Gasteiger partial charge is 0.207 e. The van der Waals surface area contributed by atoms with Gasteiger partial charge in [-0.25, -0.2) is 0 Å². The second kappa shape index (κ2) is 6.67. The SMILES string of the molecule is CC1=C(NCC(C)O)C(=O)C(C)=C(NCC(C)O)C1=O. The van der Waals surface area contributed by atoms with E-state index < -0.39 is 12.2 Å². The highest BCUT2D eigenvalue weighted by Crippen LogP contribution is 2.21. The lowest BCUT2D eigenvalue weighted by Gasteiger charge is -2.23. The molecule has 0 aliphatic heterocycles. The number of hydrogen-bond donors (Lipinski definition) is 4. The van der Waals surface area contributed by atoms with Crippen molar-refractivity contribution >= 4 is 11.6 Å². The maximum Gasteiger partial charge on any atom is 0.207 e. The van der Waals surface area contributed by atoms with E-state index in [1.165, 1.54) is 0 Å². The van der Waals surface area contributed by atoms with Gasteiger partial charge in [-0.3, -0.25) is 9.59 Å². The van der Waals surface area contributed by atoms with Gasteiger partial charge in [0.05, 0.1) is 23.6 Å². The summed E-state index contributed by atoms with van der Waals surface area (Å²) in [6.45, 7) is 6.74. The Morgan fingerprint density at radius 2 is 1.15 bits per heavy atom. The lowest BCUT2D eigenvalue weighted by atomic mass is 9.92. The van der Waals surface area contributed by atoms with Crippen LogP contribution in [-0.2, 0) is 9.59 Å². The van der Waals surface area contributed by atoms with E-state index in [0.717, 1.165) is 0 Å². The lowest BCUT2D eigenvalue weighted by molar-refractivity contribution is -0.117. The molecule has 0 saturated heterocycles. The van der Waals surface area contributed by atoms with E-state index >= 15 is 0 Å². The zero-order chi connectivity index (χ0) is 15.4. The van der Waals surface area contributed by atoms with E-state index in [-0.39, 0.29) is 36.1 Å². The van der Waals surface area contributed by atoms with Crippen molar-refractivity contribution in [2.75, 3.05) is 13.1 Å². The van der Waals surface area contributed by atoms with Crippen LogP contribution in [0.3, 0.4) is 0 Å². The second-order valence-electron chi connectivity index (χ2n) is 5.12. The Morgan fingerprint density at radius 1 is 0.850 bits per heavy atom. The van der Waals surface area contributed by atoms with Crippen LogP contribution >= 0.6 is 0 Å². The van der Waals surface area contributed by atoms with E-state index in [1.807, 2.05) is 0 Å². The zero-order valence-electron chi connectivity index (χ0n) is 12.3. The molecule has 0 fully saturated rings. The van der Waals surface area contributed by atoms with Crippen LogP contribution in [0.25, 0.3) is 0 Å². The van der Waals surface area contributed by atoms with Gasteiger partial charge in [-0.1, -0.05) is 0 Å². The van der Waals surface area contributed by atoms with Crippen molar-refractivity contribution in [2.24, 2.45) is 0 Å². The zero-order valence-corrected chi connectivity index (χ0v) is 12.3. The van der Waals surface area contributed by atoms with Gasteiger partial charge < -0.3 is 20.8 Å². The summed E-state index contributed by atoms with van der Waals surface area (Å²) in [5.41, 5.74) is 1.09. The van der Waals surface area contributed by atoms with E-state index in [0.29, 0.717) is 11.1 Å². The molecule has 0 amide bonds. The van der Waals surface area contributed by atoms with Gasteiger partial charge in [-0.05, 0) is 27.7 Å². The molecule has 1 rings (SSSR count). The van der Waals surface area contributed by atoms with Crippen LogP contribution in [0.4, 0.5) is 0 Å². The van der Waals surface area contributed by atoms with Crippen LogP contribution in [0.15, 0.2) is 22.5 Å². The second-order valence-corrected chi connectivity index (χ2v) is 5.12. The third-order valence-electron chi connectivity index (χ3n) is 3.03. The number of allylic oxidation sites excluding steroid dienone is 2. The highest BCUT2D eigenvalue weighted by molar-refractivity contribution is 6.24. The molecule has 1 aliphatic carbocycles. The molecule has 0 aromatic carbocycles. The van der Waals surface area contributed by atoms with Gasteiger partial charge in [0.25, 0.3) is 0 Å². The van der Waals surface area contributed by atoms with E-state index in [1.54, 1.807) is 27.7 Å². The number of nitrogens with one attached hydrogen (secondary N) is 2. The van der Waals surface area contributed by atoms with Crippen molar-refractivity contribution in [3.8, 4) is 0 Å². The van der Waals surface area contributed by atoms with Crippen molar-refractivity contribution in [3.05, 3.63) is 22.5 Å². The van der Waals surface area contributed by atoms with Crippen molar-refractivity contribution in [3.63, 3.8) is 0 Å². The fraction of sp³-hybridized carbons (Fsp3) is 0.571. The number of carbonyl (C=O) groups excluding carboxylic acids is 2. The van der Waals surface area contributed by atoms with Crippen LogP contribution in [-0.4, -0.2) is 47.1 Å². The number of aliphatic hydroxyl groups is 2. The summed E-state index contributed by atoms with van der Waals surface area (Å²) < 4.78 is 0. The van der Waals surface area contributed by atoms with Crippen molar-refractivity contribution < 1.29 is 19.8 Å². The summed E-state index contributed by atoms with van der Waals surface area (Å²) in [6, 6.07) is 0. The standard InChI is InChI=1S/C14H22N2O4/c1-7(17)5-15-11-9(3)14(20)12(10(4)13(11)19)16-6-8(2)18/h7-8,15-18H,5-6H2,1-4H3. The van der Waals surface area contributed by atoms with Crippen molar-refractivity contribution in [1.82, 2.24) is 10.6 Å². The van der Waals surface area contributed by atoms with Gasteiger partial charge in [0.2, 0.25) is 11.6 Å². The molecule has 0 spiro atoms. The average Bonchev–Trinajstić information content (AvgIpc) is 2.35. The van der Waals surface area contributed by atoms with Gasteiger partial charge in [-0.15, -0.1) is 0 Å². The molecule has 2 unspecified atom stereocenters. The molecule has 4 N–H and O–H groups in total. The molecule has 0 heterocycles. The molecule has 0 radical (unpaired) electrons. The molecule has 0 aromatic rings. The van der Waals surface area contributed by atoms with Crippen LogP contribution in [0.2, 0.25) is 0 Å². The Hall–Kier alpha value is -1.66. The number of aliphatic hydroxyl groups excluding tert-OH is 2. The molecule has 112 valence electrons. The molecular formula is C14H22N2O4. The Morgan fingerprint density at radius 3 is 1.40 bits per heavy atom. The average molecular weight is 282 g/mol. The molecule has 0 aromatic heterocycles. The Kier molecular flexibility index (Phi) is 5.47. The number of ketones is 2. The minimum absolute atomic E-state index is 0.204. The summed E-state index contributed by atoms with van der Waals surface area (Å²) in [4.78, 5) is 24.5. The predicted octanol–water partition coefficient (Wildman–Crippen LogP) is -0.373. The fourth-order valence-corrected chi connectivity index (χ4v) is 1.87. The topological polar surface area (TPSA) is 98.7 Å². The van der Waals surface area contributed by atoms with Crippen molar-refractivity contribution in [2.45, 2.75) is 39.9 Å². The lowest BCUT2D eigenvalue weighted by Crippen LogP contribution is -2.38. The molecule has 20 heavy (non-hydrogen) atoms. The molecule has 6 heteroatoms. The number of Topliss-reactive ketones (excluding diaryl/α,β-unsaturated/α-hetero) is 2. The molecule has 2 atom stereocenters. The minimum atomic E-state index is -0.614. The van der Waals surface area contributed by atoms with E-state index in [2.05, 4.69) is 10.6 Å². The molecular weight excluding hydrogens is 260 g/mol. The van der Waals surface area contributed by atoms with Gasteiger partial charge in [0, 0.05) is 24.2 Å². The maximum absolute atomic E-state index is 12.2. The molecule has 0 saturated carbocycles. The van der Waals surface area contributed by atoms with Crippen LogP contribution in [0.1, 0.15) is 27.7 Å². The molecule has 1 aliphatic rings. The molecule has 0 bridgehead atoms. The van der Waals surface area contributed by atoms with Crippen LogP contribution in [0, 0.1) is 0 Å². The summed E-state index contributed by atoms with van der Waals surface area (Å²) in [7, 11) is 0. The van der Waals surface area contributed by atoms with Crippen molar-refractivity contribution in [1.29, 1.82) is 0 Å². The quantitative estimate of drug-likeness (QED) is 0.496. The molecule has 6 nitrogen and oxygen atoms in total. The van der Waals surface area contributed by atoms with Gasteiger partial charge >= 0.3 is 0 Å². The minimum Gasteiger partial charge on any atom is -0.392 e. The van der Waals surface area contributed by atoms with Gasteiger partial charge in [-0.2, -0.15) is 0 Å². The number of carbonyl (C=O) groups is 2. The fourth-order valence-electron chi connectivity index (χ4n) is 1.87. The first-order valence-electron chi connectivity index (χ1n) is 6.60. The first-order valence-corrected chi connectivity index (χ1v) is 6.60.